The molecule has 158 valence electrons. The van der Waals surface area contributed by atoms with Crippen LogP contribution in [0.25, 0.3) is 0 Å². The molecule has 0 saturated heterocycles. The Kier molecular flexibility index (Phi) is 4.48. The van der Waals surface area contributed by atoms with Crippen LogP contribution >= 0.6 is 0 Å². The first-order valence-electron chi connectivity index (χ1n) is 9.53. The summed E-state index contributed by atoms with van der Waals surface area (Å²) in [5.74, 6) is -3.26. The summed E-state index contributed by atoms with van der Waals surface area (Å²) in [6, 6.07) is 0. The van der Waals surface area contributed by atoms with E-state index >= 15 is 0 Å². The van der Waals surface area contributed by atoms with Gasteiger partial charge < -0.3 is 18.9 Å². The Morgan fingerprint density at radius 2 is 1.00 bits per heavy atom. The molecule has 0 aromatic carbocycles. The first-order chi connectivity index (χ1) is 14.3. The van der Waals surface area contributed by atoms with Crippen LogP contribution < -0.4 is 0 Å². The SMILES string of the molecule is COC(=O)C1=C(C(=O)OC)[C@]2([C@]34C=C[C@@H](C3)C(C(=O)OC)=C4C(=O)OC)C=C[C@H]1C2. The van der Waals surface area contributed by atoms with Gasteiger partial charge in [0.05, 0.1) is 50.7 Å². The largest absolute Gasteiger partial charge is 0.466 e. The molecule has 8 heteroatoms. The summed E-state index contributed by atoms with van der Waals surface area (Å²) >= 11 is 0. The van der Waals surface area contributed by atoms with E-state index in [4.69, 9.17) is 18.9 Å². The molecule has 0 radical (unpaired) electrons. The number of ether oxygens (including phenoxy) is 4. The molecule has 0 aromatic heterocycles. The molecule has 4 aliphatic rings. The van der Waals surface area contributed by atoms with Crippen LogP contribution in [0.2, 0.25) is 0 Å². The molecule has 0 aromatic rings. The fraction of sp³-hybridized carbons (Fsp3) is 0.455. The highest BCUT2D eigenvalue weighted by molar-refractivity contribution is 6.08. The summed E-state index contributed by atoms with van der Waals surface area (Å²) in [5, 5.41) is 0. The molecule has 30 heavy (non-hydrogen) atoms. The summed E-state index contributed by atoms with van der Waals surface area (Å²) in [4.78, 5) is 51.0. The third-order valence-electron chi connectivity index (χ3n) is 6.87. The van der Waals surface area contributed by atoms with Crippen molar-refractivity contribution in [1.29, 1.82) is 0 Å². The number of methoxy groups -OCH3 is 4. The van der Waals surface area contributed by atoms with Gasteiger partial charge in [-0.25, -0.2) is 19.2 Å². The second kappa shape index (κ2) is 6.68. The number of rotatable bonds is 5. The van der Waals surface area contributed by atoms with Gasteiger partial charge in [-0.3, -0.25) is 0 Å². The van der Waals surface area contributed by atoms with E-state index in [1.807, 2.05) is 24.3 Å². The predicted molar refractivity (Wildman–Crippen MR) is 101 cm³/mol. The van der Waals surface area contributed by atoms with Gasteiger partial charge in [-0.1, -0.05) is 24.3 Å². The van der Waals surface area contributed by atoms with Crippen molar-refractivity contribution in [3.05, 3.63) is 46.6 Å². The maximum absolute atomic E-state index is 12.9. The van der Waals surface area contributed by atoms with Crippen molar-refractivity contribution in [1.82, 2.24) is 0 Å². The minimum absolute atomic E-state index is 0.169. The van der Waals surface area contributed by atoms with Crippen LogP contribution in [0.15, 0.2) is 46.6 Å². The molecule has 4 aliphatic carbocycles. The number of hydrogen-bond donors (Lipinski definition) is 0. The fourth-order valence-electron chi connectivity index (χ4n) is 5.77. The van der Waals surface area contributed by atoms with E-state index in [-0.39, 0.29) is 34.1 Å². The second-order valence-electron chi connectivity index (χ2n) is 7.83. The first kappa shape index (κ1) is 20.1. The Morgan fingerprint density at radius 1 is 0.667 bits per heavy atom. The molecule has 0 spiro atoms. The third-order valence-corrected chi connectivity index (χ3v) is 6.87. The van der Waals surface area contributed by atoms with Crippen LogP contribution in [0.5, 0.6) is 0 Å². The van der Waals surface area contributed by atoms with E-state index in [2.05, 4.69) is 0 Å². The van der Waals surface area contributed by atoms with E-state index in [1.54, 1.807) is 0 Å². The summed E-state index contributed by atoms with van der Waals surface area (Å²) in [6.07, 6.45) is 8.17. The third kappa shape index (κ3) is 2.21. The Hall–Kier alpha value is -3.16. The minimum atomic E-state index is -1.04. The minimum Gasteiger partial charge on any atom is -0.466 e. The molecular formula is C22H22O8. The smallest absolute Gasteiger partial charge is 0.335 e. The molecule has 0 aliphatic heterocycles. The van der Waals surface area contributed by atoms with E-state index in [0.717, 1.165) is 0 Å². The monoisotopic (exact) mass is 414 g/mol. The second-order valence-corrected chi connectivity index (χ2v) is 7.83. The average Bonchev–Trinajstić information content (AvgIpc) is 3.53. The summed E-state index contributed by atoms with van der Waals surface area (Å²) < 4.78 is 19.9. The van der Waals surface area contributed by atoms with E-state index in [0.29, 0.717) is 12.8 Å². The van der Waals surface area contributed by atoms with Crippen LogP contribution in [0.4, 0.5) is 0 Å². The quantitative estimate of drug-likeness (QED) is 0.378. The van der Waals surface area contributed by atoms with Gasteiger partial charge in [-0.2, -0.15) is 0 Å². The Balaban J connectivity index is 2.00. The lowest BCUT2D eigenvalue weighted by Gasteiger charge is -2.43. The average molecular weight is 414 g/mol. The van der Waals surface area contributed by atoms with Crippen LogP contribution in [0.1, 0.15) is 12.8 Å². The summed E-state index contributed by atoms with van der Waals surface area (Å²) in [7, 11) is 4.98. The number of esters is 4. The van der Waals surface area contributed by atoms with Gasteiger partial charge >= 0.3 is 23.9 Å². The maximum Gasteiger partial charge on any atom is 0.335 e. The van der Waals surface area contributed by atoms with Crippen LogP contribution in [0.3, 0.4) is 0 Å². The summed E-state index contributed by atoms with van der Waals surface area (Å²) in [6.45, 7) is 0. The standard InChI is InChI=1S/C22H22O8/c1-27-17(23)13-11-5-7-21(9-11,15(13)19(25)29-3)22-8-6-12(10-22)14(18(24)28-2)16(22)20(26)30-4/h5-8,11-12H,9-10H2,1-4H3/t11-,12-,21-,22+/m0/s1. The van der Waals surface area contributed by atoms with Gasteiger partial charge in [-0.05, 0) is 12.8 Å². The lowest BCUT2D eigenvalue weighted by molar-refractivity contribution is -0.141. The highest BCUT2D eigenvalue weighted by Crippen LogP contribution is 2.71. The van der Waals surface area contributed by atoms with E-state index in [1.165, 1.54) is 28.4 Å². The molecule has 4 rings (SSSR count). The number of hydrogen-bond acceptors (Lipinski definition) is 8. The van der Waals surface area contributed by atoms with Gasteiger partial charge in [0.2, 0.25) is 0 Å². The number of allylic oxidation sites excluding steroid dienone is 4. The van der Waals surface area contributed by atoms with Crippen molar-refractivity contribution in [2.75, 3.05) is 28.4 Å². The fourth-order valence-corrected chi connectivity index (χ4v) is 5.77. The van der Waals surface area contributed by atoms with Gasteiger partial charge in [0.25, 0.3) is 0 Å². The zero-order chi connectivity index (χ0) is 21.8. The number of fused-ring (bicyclic) bond motifs is 5. The lowest BCUT2D eigenvalue weighted by atomic mass is 9.57. The van der Waals surface area contributed by atoms with E-state index in [9.17, 15) is 19.2 Å². The maximum atomic E-state index is 12.9. The highest BCUT2D eigenvalue weighted by Gasteiger charge is 2.69. The lowest BCUT2D eigenvalue weighted by Crippen LogP contribution is -2.43. The molecule has 8 nitrogen and oxygen atoms in total. The van der Waals surface area contributed by atoms with Crippen LogP contribution in [-0.4, -0.2) is 52.3 Å². The van der Waals surface area contributed by atoms with E-state index < -0.39 is 34.7 Å². The molecule has 0 fully saturated rings. The van der Waals surface area contributed by atoms with Crippen molar-refractivity contribution >= 4 is 23.9 Å². The van der Waals surface area contributed by atoms with Crippen molar-refractivity contribution in [2.45, 2.75) is 12.8 Å². The zero-order valence-electron chi connectivity index (χ0n) is 17.1. The van der Waals surface area contributed by atoms with Crippen molar-refractivity contribution in [3.8, 4) is 0 Å². The predicted octanol–water partition coefficient (Wildman–Crippen LogP) is 1.42. The Labute approximate surface area is 173 Å². The molecule has 0 N–H and O–H groups in total. The van der Waals surface area contributed by atoms with Crippen molar-refractivity contribution < 1.29 is 38.1 Å². The number of carbonyl (C=O) groups excluding carboxylic acids is 4. The van der Waals surface area contributed by atoms with Crippen LogP contribution in [0, 0.1) is 22.7 Å². The van der Waals surface area contributed by atoms with Crippen molar-refractivity contribution in [2.24, 2.45) is 22.7 Å². The van der Waals surface area contributed by atoms with Gasteiger partial charge in [0.15, 0.2) is 0 Å². The van der Waals surface area contributed by atoms with Crippen LogP contribution in [-0.2, 0) is 38.1 Å². The molecule has 0 unspecified atom stereocenters. The summed E-state index contributed by atoms with van der Waals surface area (Å²) in [5.41, 5.74) is -1.29. The molecule has 4 bridgehead atoms. The first-order valence-corrected chi connectivity index (χ1v) is 9.53. The van der Waals surface area contributed by atoms with Gasteiger partial charge in [0.1, 0.15) is 0 Å². The molecule has 0 saturated carbocycles. The molecular weight excluding hydrogens is 392 g/mol. The van der Waals surface area contributed by atoms with Gasteiger partial charge in [0, 0.05) is 22.7 Å². The molecule has 0 amide bonds. The number of carbonyl (C=O) groups is 4. The van der Waals surface area contributed by atoms with Gasteiger partial charge in [-0.15, -0.1) is 0 Å². The zero-order valence-corrected chi connectivity index (χ0v) is 17.1. The Bertz CT molecular complexity index is 917. The Morgan fingerprint density at radius 3 is 1.30 bits per heavy atom. The molecule has 4 atom stereocenters. The normalized spacial score (nSPS) is 32.7. The topological polar surface area (TPSA) is 105 Å². The molecule has 0 heterocycles. The highest BCUT2D eigenvalue weighted by atomic mass is 16.5. The van der Waals surface area contributed by atoms with Crippen molar-refractivity contribution in [3.63, 3.8) is 0 Å².